The Labute approximate surface area is 222 Å². The van der Waals surface area contributed by atoms with Crippen molar-refractivity contribution in [3.8, 4) is 0 Å². The zero-order chi connectivity index (χ0) is 22.6. The minimum Gasteiger partial charge on any atom is -0.123 e. The first-order valence-corrected chi connectivity index (χ1v) is 13.8. The molecule has 0 aliphatic carbocycles. The molecule has 29 heavy (non-hydrogen) atoms. The summed E-state index contributed by atoms with van der Waals surface area (Å²) < 4.78 is 0. The third-order valence-electron chi connectivity index (χ3n) is 4.47. The molecule has 0 saturated heterocycles. The van der Waals surface area contributed by atoms with Crippen LogP contribution in [-0.2, 0) is 0 Å². The van der Waals surface area contributed by atoms with Gasteiger partial charge in [-0.2, -0.15) is 0 Å². The van der Waals surface area contributed by atoms with Crippen molar-refractivity contribution in [2.75, 3.05) is 0 Å². The zero-order valence-electron chi connectivity index (χ0n) is 16.6. The van der Waals surface area contributed by atoms with Crippen LogP contribution in [-0.4, -0.2) is 43.0 Å². The normalized spacial score (nSPS) is 20.3. The van der Waals surface area contributed by atoms with Crippen molar-refractivity contribution in [3.63, 3.8) is 0 Å². The number of hydrogen-bond acceptors (Lipinski definition) is 0. The monoisotopic (exact) mass is 586 g/mol. The number of halogens is 9. The van der Waals surface area contributed by atoms with Crippen LogP contribution >= 0.6 is 104 Å². The molecule has 8 unspecified atom stereocenters. The molecule has 0 radical (unpaired) electrons. The Morgan fingerprint density at radius 3 is 1.00 bits per heavy atom. The first-order valence-electron chi connectivity index (χ1n) is 9.88. The lowest BCUT2D eigenvalue weighted by atomic mass is 10.0. The summed E-state index contributed by atoms with van der Waals surface area (Å²) in [4.78, 5) is 0. The average molecular weight is 591 g/mol. The van der Waals surface area contributed by atoms with E-state index in [1.807, 2.05) is 6.92 Å². The van der Waals surface area contributed by atoms with Gasteiger partial charge in [0.2, 0.25) is 0 Å². The van der Waals surface area contributed by atoms with E-state index in [4.69, 9.17) is 104 Å². The molecule has 0 saturated carbocycles. The predicted molar refractivity (Wildman–Crippen MR) is 139 cm³/mol. The molecule has 0 nitrogen and oxygen atoms in total. The Kier molecular flexibility index (Phi) is 19.2. The summed E-state index contributed by atoms with van der Waals surface area (Å²) in [7, 11) is 0. The maximum absolute atomic E-state index is 6.45. The summed E-state index contributed by atoms with van der Waals surface area (Å²) in [5.41, 5.74) is 0. The number of allylic oxidation sites excluding steroid dienone is 1. The molecule has 0 aromatic heterocycles. The zero-order valence-corrected chi connectivity index (χ0v) is 23.4. The van der Waals surface area contributed by atoms with E-state index < -0.39 is 0 Å². The summed E-state index contributed by atoms with van der Waals surface area (Å²) in [6, 6.07) is 0. The second kappa shape index (κ2) is 17.8. The number of alkyl halides is 8. The van der Waals surface area contributed by atoms with Crippen LogP contribution in [0.5, 0.6) is 0 Å². The third-order valence-corrected chi connectivity index (χ3v) is 7.58. The van der Waals surface area contributed by atoms with E-state index in [0.717, 1.165) is 12.8 Å². The molecule has 0 spiro atoms. The van der Waals surface area contributed by atoms with Gasteiger partial charge < -0.3 is 0 Å². The Morgan fingerprint density at radius 1 is 0.517 bits per heavy atom. The Hall–Kier alpha value is 2.35. The lowest BCUT2D eigenvalue weighted by molar-refractivity contribution is 0.549. The minimum atomic E-state index is -0.152. The van der Waals surface area contributed by atoms with Gasteiger partial charge in [-0.15, -0.1) is 92.8 Å². The van der Waals surface area contributed by atoms with Crippen LogP contribution in [0, 0.1) is 0 Å². The first-order chi connectivity index (χ1) is 13.4. The fourth-order valence-electron chi connectivity index (χ4n) is 3.01. The maximum Gasteiger partial charge on any atom is 0.0398 e. The van der Waals surface area contributed by atoms with Gasteiger partial charge in [0.25, 0.3) is 0 Å². The highest BCUT2D eigenvalue weighted by Crippen LogP contribution is 2.29. The fraction of sp³-hybridized carbons (Fsp3) is 0.900. The summed E-state index contributed by atoms with van der Waals surface area (Å²) in [5, 5.41) is -0.296. The number of hydrogen-bond donors (Lipinski definition) is 0. The van der Waals surface area contributed by atoms with E-state index in [2.05, 4.69) is 6.58 Å². The maximum atomic E-state index is 6.45. The second-order valence-electron chi connectivity index (χ2n) is 7.56. The van der Waals surface area contributed by atoms with Gasteiger partial charge in [-0.05, 0) is 57.8 Å². The van der Waals surface area contributed by atoms with E-state index in [1.165, 1.54) is 0 Å². The molecular weight excluding hydrogens is 559 g/mol. The molecule has 174 valence electrons. The molecule has 0 N–H and O–H groups in total. The standard InChI is InChI=1S/C20H31Cl9/c1-3-13(22)5-15(24)7-17(26)9-19(28)11-20(29)10-18(27)8-16(25)6-14(23)4-12(2)21/h13-20H,2-11H2,1H3. The topological polar surface area (TPSA) is 0 Å². The van der Waals surface area contributed by atoms with E-state index in [-0.39, 0.29) is 43.0 Å². The summed E-state index contributed by atoms with van der Waals surface area (Å²) >= 11 is 56.5. The molecular formula is C20H31Cl9. The summed E-state index contributed by atoms with van der Waals surface area (Å²) in [6.45, 7) is 5.68. The quantitative estimate of drug-likeness (QED) is 0.148. The minimum absolute atomic E-state index is 0.0507. The molecule has 0 aliphatic heterocycles. The second-order valence-corrected chi connectivity index (χ2v) is 13.0. The summed E-state index contributed by atoms with van der Waals surface area (Å²) in [5.74, 6) is 0. The lowest BCUT2D eigenvalue weighted by Crippen LogP contribution is -2.21. The van der Waals surface area contributed by atoms with Crippen LogP contribution in [0.3, 0.4) is 0 Å². The molecule has 0 aromatic rings. The number of rotatable bonds is 17. The molecule has 0 amide bonds. The van der Waals surface area contributed by atoms with Crippen LogP contribution in [0.15, 0.2) is 11.6 Å². The van der Waals surface area contributed by atoms with Crippen molar-refractivity contribution in [2.45, 2.75) is 108 Å². The third kappa shape index (κ3) is 18.5. The molecule has 0 heterocycles. The molecule has 0 aliphatic rings. The molecule has 0 rings (SSSR count). The molecule has 8 atom stereocenters. The summed E-state index contributed by atoms with van der Waals surface area (Å²) in [6.07, 6.45) is 5.91. The van der Waals surface area contributed by atoms with Gasteiger partial charge in [-0.1, -0.05) is 25.1 Å². The van der Waals surface area contributed by atoms with Crippen molar-refractivity contribution >= 4 is 104 Å². The lowest BCUT2D eigenvalue weighted by Gasteiger charge is -2.22. The molecule has 9 heteroatoms. The largest absolute Gasteiger partial charge is 0.123 e. The Bertz CT molecular complexity index is 434. The highest BCUT2D eigenvalue weighted by molar-refractivity contribution is 6.30. The van der Waals surface area contributed by atoms with Crippen molar-refractivity contribution in [1.82, 2.24) is 0 Å². The van der Waals surface area contributed by atoms with E-state index >= 15 is 0 Å². The Balaban J connectivity index is 4.15. The van der Waals surface area contributed by atoms with Gasteiger partial charge in [0.1, 0.15) is 0 Å². The Morgan fingerprint density at radius 2 is 0.759 bits per heavy atom. The van der Waals surface area contributed by atoms with Gasteiger partial charge >= 0.3 is 0 Å². The van der Waals surface area contributed by atoms with Crippen LogP contribution in [0.4, 0.5) is 0 Å². The van der Waals surface area contributed by atoms with Crippen molar-refractivity contribution < 1.29 is 0 Å². The van der Waals surface area contributed by atoms with Crippen LogP contribution in [0.2, 0.25) is 0 Å². The average Bonchev–Trinajstić information content (AvgIpc) is 2.51. The predicted octanol–water partition coefficient (Wildman–Crippen LogP) is 10.1. The fourth-order valence-corrected chi connectivity index (χ4v) is 7.11. The van der Waals surface area contributed by atoms with Crippen molar-refractivity contribution in [2.24, 2.45) is 0 Å². The highest BCUT2D eigenvalue weighted by Gasteiger charge is 2.23. The van der Waals surface area contributed by atoms with Gasteiger partial charge in [-0.3, -0.25) is 0 Å². The molecule has 0 aromatic carbocycles. The van der Waals surface area contributed by atoms with Gasteiger partial charge in [-0.25, -0.2) is 0 Å². The molecule has 0 bridgehead atoms. The van der Waals surface area contributed by atoms with Crippen LogP contribution < -0.4 is 0 Å². The van der Waals surface area contributed by atoms with Gasteiger partial charge in [0, 0.05) is 48.0 Å². The smallest absolute Gasteiger partial charge is 0.0398 e. The van der Waals surface area contributed by atoms with Crippen LogP contribution in [0.1, 0.15) is 64.7 Å². The SMILES string of the molecule is C=C(Cl)CC(Cl)CC(Cl)CC(Cl)CC(Cl)CC(Cl)CC(Cl)CC(Cl)CC(Cl)CC. The van der Waals surface area contributed by atoms with Gasteiger partial charge in [0.05, 0.1) is 0 Å². The molecule has 0 fully saturated rings. The van der Waals surface area contributed by atoms with E-state index in [1.54, 1.807) is 0 Å². The first kappa shape index (κ1) is 31.4. The highest BCUT2D eigenvalue weighted by atomic mass is 35.5. The van der Waals surface area contributed by atoms with Crippen molar-refractivity contribution in [1.29, 1.82) is 0 Å². The van der Waals surface area contributed by atoms with E-state index in [9.17, 15) is 0 Å². The van der Waals surface area contributed by atoms with Crippen molar-refractivity contribution in [3.05, 3.63) is 11.6 Å². The van der Waals surface area contributed by atoms with Crippen LogP contribution in [0.25, 0.3) is 0 Å². The van der Waals surface area contributed by atoms with Gasteiger partial charge in [0.15, 0.2) is 0 Å². The van der Waals surface area contributed by atoms with E-state index in [0.29, 0.717) is 50.0 Å².